The number of aryl methyl sites for hydroxylation is 1. The fourth-order valence-corrected chi connectivity index (χ4v) is 1.65. The molecule has 0 aliphatic carbocycles. The molecule has 0 radical (unpaired) electrons. The van der Waals surface area contributed by atoms with Gasteiger partial charge in [0.05, 0.1) is 5.69 Å². The van der Waals surface area contributed by atoms with E-state index in [1.165, 1.54) is 0 Å². The van der Waals surface area contributed by atoms with Crippen LogP contribution in [0, 0.1) is 6.92 Å². The van der Waals surface area contributed by atoms with Crippen LogP contribution >= 0.6 is 0 Å². The number of rotatable bonds is 3. The van der Waals surface area contributed by atoms with Crippen LogP contribution in [0.15, 0.2) is 12.1 Å². The normalized spacial score (nSPS) is 13.6. The van der Waals surface area contributed by atoms with Crippen molar-refractivity contribution in [2.75, 3.05) is 5.73 Å². The number of ether oxygens (including phenoxy) is 1. The van der Waals surface area contributed by atoms with E-state index in [0.717, 1.165) is 6.92 Å². The molecule has 0 heterocycles. The molecule has 0 aliphatic rings. The molecular weight excluding hydrogens is 333 g/mol. The van der Waals surface area contributed by atoms with E-state index in [1.807, 2.05) is 0 Å². The van der Waals surface area contributed by atoms with Gasteiger partial charge < -0.3 is 10.5 Å². The van der Waals surface area contributed by atoms with Gasteiger partial charge in [-0.1, -0.05) is 0 Å². The minimum Gasteiger partial charge on any atom is -0.433 e. The van der Waals surface area contributed by atoms with Crippen LogP contribution in [0.2, 0.25) is 0 Å². The predicted molar refractivity (Wildman–Crippen MR) is 57.1 cm³/mol. The predicted octanol–water partition coefficient (Wildman–Crippen LogP) is 4.47. The summed E-state index contributed by atoms with van der Waals surface area (Å²) in [6.45, 7) is -2.65. The lowest BCUT2D eigenvalue weighted by atomic mass is 9.92. The lowest BCUT2D eigenvalue weighted by Gasteiger charge is -2.31. The molecular formula is C11H8F9NO. The van der Waals surface area contributed by atoms with Crippen molar-refractivity contribution in [3.8, 4) is 5.75 Å². The number of nitrogen functional groups attached to an aromatic ring is 1. The van der Waals surface area contributed by atoms with Gasteiger partial charge in [-0.3, -0.25) is 0 Å². The summed E-state index contributed by atoms with van der Waals surface area (Å²) in [5, 5.41) is 0. The van der Waals surface area contributed by atoms with Crippen LogP contribution in [0.25, 0.3) is 0 Å². The van der Waals surface area contributed by atoms with Gasteiger partial charge in [0.15, 0.2) is 0 Å². The number of nitrogens with two attached hydrogens (primary N) is 1. The van der Waals surface area contributed by atoms with Gasteiger partial charge in [0.2, 0.25) is 0 Å². The first kappa shape index (κ1) is 18.2. The van der Waals surface area contributed by atoms with E-state index in [1.54, 1.807) is 0 Å². The molecule has 0 spiro atoms. The molecule has 126 valence electrons. The first-order valence-corrected chi connectivity index (χ1v) is 5.39. The van der Waals surface area contributed by atoms with Gasteiger partial charge >= 0.3 is 24.6 Å². The summed E-state index contributed by atoms with van der Waals surface area (Å²) in [4.78, 5) is 0. The van der Waals surface area contributed by atoms with Crippen molar-refractivity contribution >= 4 is 5.69 Å². The number of anilines is 1. The Morgan fingerprint density at radius 3 is 1.77 bits per heavy atom. The van der Waals surface area contributed by atoms with Gasteiger partial charge in [0.1, 0.15) is 5.75 Å². The summed E-state index contributed by atoms with van der Waals surface area (Å²) in [7, 11) is 0. The van der Waals surface area contributed by atoms with Gasteiger partial charge in [-0.15, -0.1) is 0 Å². The molecule has 0 aliphatic heterocycles. The van der Waals surface area contributed by atoms with Crippen LogP contribution in [0.1, 0.15) is 11.1 Å². The maximum atomic E-state index is 13.8. The Labute approximate surface area is 117 Å². The molecule has 0 amide bonds. The van der Waals surface area contributed by atoms with Gasteiger partial charge in [-0.05, 0) is 24.6 Å². The first-order valence-electron chi connectivity index (χ1n) is 5.39. The Kier molecular flexibility index (Phi) is 4.50. The molecule has 22 heavy (non-hydrogen) atoms. The smallest absolute Gasteiger partial charge is 0.433 e. The van der Waals surface area contributed by atoms with E-state index >= 15 is 0 Å². The minimum atomic E-state index is -6.37. The van der Waals surface area contributed by atoms with Gasteiger partial charge in [0.25, 0.3) is 0 Å². The third-order valence-corrected chi connectivity index (χ3v) is 2.74. The number of benzene rings is 1. The van der Waals surface area contributed by atoms with Gasteiger partial charge in [-0.2, -0.15) is 35.1 Å². The average molecular weight is 341 g/mol. The minimum absolute atomic E-state index is 0.143. The Balaban J connectivity index is 3.62. The van der Waals surface area contributed by atoms with E-state index in [4.69, 9.17) is 5.73 Å². The van der Waals surface area contributed by atoms with E-state index < -0.39 is 47.2 Å². The Bertz CT molecular complexity index is 536. The Morgan fingerprint density at radius 2 is 1.41 bits per heavy atom. The quantitative estimate of drug-likeness (QED) is 0.650. The van der Waals surface area contributed by atoms with E-state index in [9.17, 15) is 39.5 Å². The second-order valence-electron chi connectivity index (χ2n) is 4.24. The third-order valence-electron chi connectivity index (χ3n) is 2.74. The van der Waals surface area contributed by atoms with E-state index in [0.29, 0.717) is 0 Å². The maximum absolute atomic E-state index is 13.8. The largest absolute Gasteiger partial charge is 0.435 e. The molecule has 0 atom stereocenters. The van der Waals surface area contributed by atoms with Gasteiger partial charge in [0, 0.05) is 5.56 Å². The lowest BCUT2D eigenvalue weighted by molar-refractivity contribution is -0.348. The number of hydrogen-bond donors (Lipinski definition) is 1. The zero-order valence-corrected chi connectivity index (χ0v) is 10.6. The SMILES string of the molecule is Cc1cc(C(F)(C(F)(F)F)C(F)(F)F)cc(OC(F)F)c1N. The number of alkyl halides is 9. The standard InChI is InChI=1S/C11H8F9NO/c1-4-2-5(3-6(7(4)21)22-8(12)13)9(14,10(15,16)17)11(18,19)20/h2-3,8H,21H2,1H3. The van der Waals surface area contributed by atoms with E-state index in [2.05, 4.69) is 4.74 Å². The molecule has 0 aromatic heterocycles. The summed E-state index contributed by atoms with van der Waals surface area (Å²) in [6, 6.07) is 0.0319. The monoisotopic (exact) mass is 341 g/mol. The summed E-state index contributed by atoms with van der Waals surface area (Å²) in [5.41, 5.74) is -3.59. The van der Waals surface area contributed by atoms with Crippen LogP contribution in [0.3, 0.4) is 0 Å². The van der Waals surface area contributed by atoms with Crippen LogP contribution in [-0.4, -0.2) is 19.0 Å². The van der Waals surface area contributed by atoms with E-state index in [-0.39, 0.29) is 12.1 Å². The second-order valence-corrected chi connectivity index (χ2v) is 4.24. The zero-order valence-electron chi connectivity index (χ0n) is 10.6. The van der Waals surface area contributed by atoms with Crippen molar-refractivity contribution in [2.24, 2.45) is 0 Å². The van der Waals surface area contributed by atoms with Crippen molar-refractivity contribution in [2.45, 2.75) is 31.6 Å². The lowest BCUT2D eigenvalue weighted by Crippen LogP contribution is -2.50. The first-order chi connectivity index (χ1) is 9.71. The summed E-state index contributed by atoms with van der Waals surface area (Å²) < 4.78 is 117. The second kappa shape index (κ2) is 5.43. The van der Waals surface area contributed by atoms with Crippen molar-refractivity contribution in [3.05, 3.63) is 23.3 Å². The summed E-state index contributed by atoms with van der Waals surface area (Å²) in [5.74, 6) is -1.18. The van der Waals surface area contributed by atoms with Gasteiger partial charge in [-0.25, -0.2) is 4.39 Å². The summed E-state index contributed by atoms with van der Waals surface area (Å²) in [6.07, 6.45) is -12.7. The molecule has 2 N–H and O–H groups in total. The molecule has 0 bridgehead atoms. The molecule has 11 heteroatoms. The van der Waals surface area contributed by atoms with Crippen LogP contribution < -0.4 is 10.5 Å². The van der Waals surface area contributed by atoms with Crippen molar-refractivity contribution < 1.29 is 44.3 Å². The van der Waals surface area contributed by atoms with Crippen LogP contribution in [0.4, 0.5) is 45.2 Å². The van der Waals surface area contributed by atoms with Crippen LogP contribution in [0.5, 0.6) is 5.75 Å². The maximum Gasteiger partial charge on any atom is 0.435 e. The molecule has 1 rings (SSSR count). The molecule has 2 nitrogen and oxygen atoms in total. The molecule has 0 unspecified atom stereocenters. The number of halogens is 9. The highest BCUT2D eigenvalue weighted by Crippen LogP contribution is 2.54. The number of hydrogen-bond acceptors (Lipinski definition) is 2. The fourth-order valence-electron chi connectivity index (χ4n) is 1.65. The molecule has 0 saturated carbocycles. The van der Waals surface area contributed by atoms with Crippen molar-refractivity contribution in [1.82, 2.24) is 0 Å². The third kappa shape index (κ3) is 3.02. The zero-order chi connectivity index (χ0) is 17.5. The molecule has 0 saturated heterocycles. The van der Waals surface area contributed by atoms with Crippen LogP contribution in [-0.2, 0) is 5.67 Å². The highest BCUT2D eigenvalue weighted by Gasteiger charge is 2.73. The Hall–Kier alpha value is -1.81. The average Bonchev–Trinajstić information content (AvgIpc) is 2.30. The summed E-state index contributed by atoms with van der Waals surface area (Å²) >= 11 is 0. The van der Waals surface area contributed by atoms with Crippen molar-refractivity contribution in [3.63, 3.8) is 0 Å². The van der Waals surface area contributed by atoms with Crippen molar-refractivity contribution in [1.29, 1.82) is 0 Å². The Morgan fingerprint density at radius 1 is 0.955 bits per heavy atom. The fraction of sp³-hybridized carbons (Fsp3) is 0.455. The highest BCUT2D eigenvalue weighted by atomic mass is 19.4. The molecule has 1 aromatic carbocycles. The molecule has 0 fully saturated rings. The molecule has 1 aromatic rings. The topological polar surface area (TPSA) is 35.2 Å². The highest BCUT2D eigenvalue weighted by molar-refractivity contribution is 5.60.